The van der Waals surface area contributed by atoms with Crippen LogP contribution in [0.3, 0.4) is 0 Å². The van der Waals surface area contributed by atoms with Crippen molar-refractivity contribution in [1.29, 1.82) is 5.26 Å². The van der Waals surface area contributed by atoms with Crippen LogP contribution in [0.25, 0.3) is 10.9 Å². The van der Waals surface area contributed by atoms with Crippen LogP contribution < -0.4 is 15.4 Å². The zero-order valence-corrected chi connectivity index (χ0v) is 18.0. The van der Waals surface area contributed by atoms with Crippen molar-refractivity contribution in [2.75, 3.05) is 11.9 Å². The summed E-state index contributed by atoms with van der Waals surface area (Å²) in [4.78, 5) is 47.3. The fraction of sp³-hybridized carbons (Fsp3) is 0.217. The lowest BCUT2D eigenvalue weighted by molar-refractivity contribution is -0.134. The molecule has 34 heavy (non-hydrogen) atoms. The van der Waals surface area contributed by atoms with E-state index in [9.17, 15) is 24.4 Å². The van der Waals surface area contributed by atoms with Crippen molar-refractivity contribution in [3.63, 3.8) is 0 Å². The van der Waals surface area contributed by atoms with Crippen molar-refractivity contribution in [1.82, 2.24) is 15.1 Å². The van der Waals surface area contributed by atoms with E-state index in [-0.39, 0.29) is 35.7 Å². The van der Waals surface area contributed by atoms with E-state index in [0.717, 1.165) is 0 Å². The highest BCUT2D eigenvalue weighted by Crippen LogP contribution is 2.34. The van der Waals surface area contributed by atoms with Gasteiger partial charge in [-0.25, -0.2) is 4.79 Å². The predicted octanol–water partition coefficient (Wildman–Crippen LogP) is 1.68. The number of carboxylic acids is 1. The molecule has 0 bridgehead atoms. The number of para-hydroxylation sites is 1. The number of carboxylic acid groups (broad SMARTS) is 1. The molecule has 2 aromatic carbocycles. The second-order valence-corrected chi connectivity index (χ2v) is 7.68. The van der Waals surface area contributed by atoms with Gasteiger partial charge in [-0.2, -0.15) is 10.4 Å². The van der Waals surface area contributed by atoms with Gasteiger partial charge in [0, 0.05) is 18.9 Å². The zero-order chi connectivity index (χ0) is 24.4. The van der Waals surface area contributed by atoms with E-state index in [4.69, 9.17) is 9.84 Å². The Morgan fingerprint density at radius 1 is 1.32 bits per heavy atom. The predicted molar refractivity (Wildman–Crippen MR) is 118 cm³/mol. The largest absolute Gasteiger partial charge is 0.481 e. The third kappa shape index (κ3) is 4.29. The number of carbonyl (C=O) groups is 4. The highest BCUT2D eigenvalue weighted by atomic mass is 16.5. The van der Waals surface area contributed by atoms with Gasteiger partial charge in [-0.15, -0.1) is 0 Å². The van der Waals surface area contributed by atoms with Crippen LogP contribution >= 0.6 is 0 Å². The standard InChI is InChI=1S/C23H19N5O6/c1-28-21-14(20(27-28)15-6-8-18(29)26-22(15)31)3-2-4-17(21)34-11-19(30)25-16-7-5-12(23(32)33)9-13(16)10-24/h2-5,7,9,15H,6,8,11H2,1H3,(H,25,30)(H,32,33)(H,26,29,31). The molecule has 11 nitrogen and oxygen atoms in total. The molecule has 3 N–H and O–H groups in total. The minimum absolute atomic E-state index is 0.0101. The van der Waals surface area contributed by atoms with Crippen LogP contribution in [0.1, 0.15) is 40.4 Å². The van der Waals surface area contributed by atoms with Crippen LogP contribution in [-0.2, 0) is 21.4 Å². The monoisotopic (exact) mass is 461 g/mol. The number of aromatic carboxylic acids is 1. The number of imide groups is 1. The number of carbonyl (C=O) groups excluding carboxylic acids is 3. The second kappa shape index (κ2) is 9.03. The number of rotatable bonds is 6. The van der Waals surface area contributed by atoms with Crippen LogP contribution in [0.15, 0.2) is 36.4 Å². The number of nitrogens with zero attached hydrogens (tertiary/aromatic N) is 3. The number of benzene rings is 2. The van der Waals surface area contributed by atoms with Crippen molar-refractivity contribution in [3.05, 3.63) is 53.2 Å². The molecule has 1 atom stereocenters. The molecule has 1 unspecified atom stereocenters. The first-order chi connectivity index (χ1) is 16.3. The molecule has 0 aliphatic carbocycles. The summed E-state index contributed by atoms with van der Waals surface area (Å²) in [5.41, 5.74) is 1.21. The van der Waals surface area contributed by atoms with Crippen molar-refractivity contribution >= 4 is 40.3 Å². The average Bonchev–Trinajstić information content (AvgIpc) is 3.14. The molecule has 0 spiro atoms. The number of nitriles is 1. The lowest BCUT2D eigenvalue weighted by atomic mass is 9.93. The first kappa shape index (κ1) is 22.5. The number of amides is 3. The molecule has 11 heteroatoms. The summed E-state index contributed by atoms with van der Waals surface area (Å²) >= 11 is 0. The Labute approximate surface area is 192 Å². The van der Waals surface area contributed by atoms with Crippen LogP contribution in [-0.4, -0.2) is 45.2 Å². The van der Waals surface area contributed by atoms with Crippen LogP contribution in [0.5, 0.6) is 5.75 Å². The zero-order valence-electron chi connectivity index (χ0n) is 18.0. The van der Waals surface area contributed by atoms with E-state index in [1.54, 1.807) is 29.9 Å². The molecular formula is C23H19N5O6. The molecule has 3 aromatic rings. The van der Waals surface area contributed by atoms with Gasteiger partial charge in [0.15, 0.2) is 6.61 Å². The average molecular weight is 461 g/mol. The van der Waals surface area contributed by atoms with Gasteiger partial charge in [0.05, 0.1) is 28.4 Å². The maximum absolute atomic E-state index is 12.5. The summed E-state index contributed by atoms with van der Waals surface area (Å²) in [5.74, 6) is -2.65. The number of fused-ring (bicyclic) bond motifs is 1. The van der Waals surface area contributed by atoms with Gasteiger partial charge in [0.1, 0.15) is 17.3 Å². The number of piperidine rings is 1. The van der Waals surface area contributed by atoms with Crippen LogP contribution in [0.2, 0.25) is 0 Å². The fourth-order valence-electron chi connectivity index (χ4n) is 3.86. The Hall–Kier alpha value is -4.72. The highest BCUT2D eigenvalue weighted by Gasteiger charge is 2.32. The number of aromatic nitrogens is 2. The minimum Gasteiger partial charge on any atom is -0.481 e. The normalized spacial score (nSPS) is 15.5. The number of ether oxygens (including phenoxy) is 1. The topological polar surface area (TPSA) is 163 Å². The smallest absolute Gasteiger partial charge is 0.335 e. The van der Waals surface area contributed by atoms with Gasteiger partial charge in [-0.05, 0) is 30.7 Å². The van der Waals surface area contributed by atoms with Crippen LogP contribution in [0, 0.1) is 11.3 Å². The third-order valence-electron chi connectivity index (χ3n) is 5.45. The molecule has 3 amide bonds. The minimum atomic E-state index is -1.18. The summed E-state index contributed by atoms with van der Waals surface area (Å²) in [6, 6.07) is 10.8. The molecule has 1 aromatic heterocycles. The fourth-order valence-corrected chi connectivity index (χ4v) is 3.86. The quantitative estimate of drug-likeness (QED) is 0.467. The number of hydrogen-bond acceptors (Lipinski definition) is 7. The third-order valence-corrected chi connectivity index (χ3v) is 5.45. The number of hydrogen-bond donors (Lipinski definition) is 3. The van der Waals surface area contributed by atoms with Gasteiger partial charge in [0.25, 0.3) is 5.91 Å². The summed E-state index contributed by atoms with van der Waals surface area (Å²) in [5, 5.41) is 28.3. The van der Waals surface area contributed by atoms with Crippen LogP contribution in [0.4, 0.5) is 5.69 Å². The second-order valence-electron chi connectivity index (χ2n) is 7.68. The summed E-state index contributed by atoms with van der Waals surface area (Å²) < 4.78 is 7.27. The molecule has 2 heterocycles. The first-order valence-corrected chi connectivity index (χ1v) is 10.3. The van der Waals surface area contributed by atoms with Crippen molar-refractivity contribution in [2.24, 2.45) is 7.05 Å². The Bertz CT molecular complexity index is 1390. The summed E-state index contributed by atoms with van der Waals surface area (Å²) in [6.07, 6.45) is 0.579. The Morgan fingerprint density at radius 3 is 2.82 bits per heavy atom. The van der Waals surface area contributed by atoms with E-state index in [0.29, 0.717) is 28.8 Å². The molecule has 4 rings (SSSR count). The molecule has 1 fully saturated rings. The maximum atomic E-state index is 12.5. The molecule has 1 aliphatic rings. The number of nitrogens with one attached hydrogen (secondary N) is 2. The van der Waals surface area contributed by atoms with Crippen molar-refractivity contribution < 1.29 is 29.0 Å². The van der Waals surface area contributed by atoms with Gasteiger partial charge >= 0.3 is 5.97 Å². The SMILES string of the molecule is Cn1nc(C2CCC(=O)NC2=O)c2cccc(OCC(=O)Nc3ccc(C(=O)O)cc3C#N)c21. The molecule has 1 aliphatic heterocycles. The molecule has 0 saturated carbocycles. The molecule has 172 valence electrons. The van der Waals surface area contributed by atoms with Gasteiger partial charge in [-0.3, -0.25) is 24.4 Å². The van der Waals surface area contributed by atoms with Gasteiger partial charge in [0.2, 0.25) is 11.8 Å². The van der Waals surface area contributed by atoms with E-state index in [1.807, 2.05) is 6.07 Å². The van der Waals surface area contributed by atoms with E-state index in [2.05, 4.69) is 15.7 Å². The molecule has 1 saturated heterocycles. The van der Waals surface area contributed by atoms with Crippen molar-refractivity contribution in [2.45, 2.75) is 18.8 Å². The highest BCUT2D eigenvalue weighted by molar-refractivity contribution is 6.03. The Morgan fingerprint density at radius 2 is 2.12 bits per heavy atom. The van der Waals surface area contributed by atoms with Gasteiger partial charge < -0.3 is 15.2 Å². The summed E-state index contributed by atoms with van der Waals surface area (Å²) in [7, 11) is 1.69. The van der Waals surface area contributed by atoms with E-state index in [1.165, 1.54) is 18.2 Å². The lowest BCUT2D eigenvalue weighted by Gasteiger charge is -2.19. The lowest BCUT2D eigenvalue weighted by Crippen LogP contribution is -2.39. The van der Waals surface area contributed by atoms with Crippen molar-refractivity contribution in [3.8, 4) is 11.8 Å². The molecular weight excluding hydrogens is 442 g/mol. The Kier molecular flexibility index (Phi) is 5.97. The first-order valence-electron chi connectivity index (χ1n) is 10.3. The number of anilines is 1. The van der Waals surface area contributed by atoms with Gasteiger partial charge in [-0.1, -0.05) is 12.1 Å². The van der Waals surface area contributed by atoms with E-state index >= 15 is 0 Å². The maximum Gasteiger partial charge on any atom is 0.335 e. The Balaban J connectivity index is 1.52. The number of aryl methyl sites for hydroxylation is 1. The van der Waals surface area contributed by atoms with E-state index < -0.39 is 23.7 Å². The summed E-state index contributed by atoms with van der Waals surface area (Å²) in [6.45, 7) is -0.385. The molecule has 0 radical (unpaired) electrons.